The van der Waals surface area contributed by atoms with Crippen LogP contribution >= 0.6 is 21.6 Å². The number of benzene rings is 5. The van der Waals surface area contributed by atoms with Crippen molar-refractivity contribution in [2.75, 3.05) is 49.2 Å². The van der Waals surface area contributed by atoms with Gasteiger partial charge in [-0.2, -0.15) is 16.8 Å². The van der Waals surface area contributed by atoms with E-state index in [0.29, 0.717) is 80.6 Å². The maximum Gasteiger partial charge on any atom is 0.279 e. The summed E-state index contributed by atoms with van der Waals surface area (Å²) in [7, 11) is -0.430. The number of carbonyl (C=O) groups is 4. The number of rotatable bonds is 20. The summed E-state index contributed by atoms with van der Waals surface area (Å²) < 4.78 is 80.0. The summed E-state index contributed by atoms with van der Waals surface area (Å²) in [4.78, 5) is 58.4. The molecule has 2 N–H and O–H groups in total. The number of methoxy groups -OCH3 is 1. The van der Waals surface area contributed by atoms with Crippen LogP contribution in [0.1, 0.15) is 92.8 Å². The quantitative estimate of drug-likeness (QED) is 0.0428. The van der Waals surface area contributed by atoms with Gasteiger partial charge in [-0.3, -0.25) is 27.5 Å². The van der Waals surface area contributed by atoms with Crippen LogP contribution < -0.4 is 34.6 Å². The van der Waals surface area contributed by atoms with Gasteiger partial charge < -0.3 is 34.6 Å². The Balaban J connectivity index is 0.962. The summed E-state index contributed by atoms with van der Waals surface area (Å²) in [5, 5.41) is 3.00. The molecular weight excluding hydrogens is 1060 g/mol. The minimum absolute atomic E-state index is 0.00506. The van der Waals surface area contributed by atoms with E-state index >= 15 is 0 Å². The first-order chi connectivity index (χ1) is 36.7. The highest BCUT2D eigenvalue weighted by Crippen LogP contribution is 2.44. The molecule has 17 nitrogen and oxygen atoms in total. The summed E-state index contributed by atoms with van der Waals surface area (Å²) in [5.41, 5.74) is 8.38. The first-order valence-corrected chi connectivity index (χ1v) is 30.5. The Kier molecular flexibility index (Phi) is 16.4. The number of amides is 4. The molecule has 408 valence electrons. The van der Waals surface area contributed by atoms with E-state index in [0.717, 1.165) is 49.4 Å². The fraction of sp³-hybridized carbons (Fsp3) is 0.393. The Morgan fingerprint density at radius 3 is 2.03 bits per heavy atom. The highest BCUT2D eigenvalue weighted by atomic mass is 33.1. The minimum atomic E-state index is -4.11. The van der Waals surface area contributed by atoms with E-state index in [1.807, 2.05) is 80.3 Å². The molecule has 5 aromatic carbocycles. The van der Waals surface area contributed by atoms with Crippen molar-refractivity contribution in [2.24, 2.45) is 0 Å². The lowest BCUT2D eigenvalue weighted by atomic mass is 9.97. The van der Waals surface area contributed by atoms with Gasteiger partial charge in [-0.15, -0.1) is 0 Å². The van der Waals surface area contributed by atoms with Crippen LogP contribution in [0.25, 0.3) is 0 Å². The maximum absolute atomic E-state index is 14.4. The van der Waals surface area contributed by atoms with Crippen molar-refractivity contribution < 1.29 is 58.6 Å². The van der Waals surface area contributed by atoms with Crippen LogP contribution in [-0.2, 0) is 77.1 Å². The predicted molar refractivity (Wildman–Crippen MR) is 298 cm³/mol. The fourth-order valence-electron chi connectivity index (χ4n) is 10.8. The summed E-state index contributed by atoms with van der Waals surface area (Å²) in [6.07, 6.45) is 2.66. The van der Waals surface area contributed by atoms with Crippen molar-refractivity contribution in [2.45, 2.75) is 106 Å². The highest BCUT2D eigenvalue weighted by Gasteiger charge is 2.48. The van der Waals surface area contributed by atoms with Crippen molar-refractivity contribution >= 4 is 82.5 Å². The van der Waals surface area contributed by atoms with Crippen LogP contribution in [0.2, 0.25) is 0 Å². The summed E-state index contributed by atoms with van der Waals surface area (Å²) in [6, 6.07) is 27.4. The Morgan fingerprint density at radius 2 is 1.36 bits per heavy atom. The van der Waals surface area contributed by atoms with E-state index in [2.05, 4.69) is 20.9 Å². The predicted octanol–water partition coefficient (Wildman–Crippen LogP) is 8.12. The zero-order valence-corrected chi connectivity index (χ0v) is 47.1. The lowest BCUT2D eigenvalue weighted by Gasteiger charge is -2.28. The molecule has 9 rings (SSSR count). The number of anilines is 3. The van der Waals surface area contributed by atoms with Gasteiger partial charge in [-0.1, -0.05) is 58.0 Å². The van der Waals surface area contributed by atoms with E-state index in [9.17, 15) is 36.0 Å². The van der Waals surface area contributed by atoms with Gasteiger partial charge in [0.15, 0.2) is 16.7 Å². The molecule has 4 aliphatic rings. The number of fused-ring (bicyclic) bond motifs is 8. The van der Waals surface area contributed by atoms with Gasteiger partial charge in [-0.05, 0) is 153 Å². The summed E-state index contributed by atoms with van der Waals surface area (Å²) in [6.45, 7) is 5.65. The highest BCUT2D eigenvalue weighted by molar-refractivity contribution is 8.77. The van der Waals surface area contributed by atoms with Crippen LogP contribution in [0.15, 0.2) is 91.0 Å². The fourth-order valence-corrected chi connectivity index (χ4v) is 15.8. The zero-order chi connectivity index (χ0) is 55.0. The molecule has 0 fully saturated rings. The zero-order valence-electron chi connectivity index (χ0n) is 43.9. The smallest absolute Gasteiger partial charge is 0.279 e. The monoisotopic (exact) mass is 1130 g/mol. The van der Waals surface area contributed by atoms with E-state index in [-0.39, 0.29) is 56.2 Å². The van der Waals surface area contributed by atoms with Gasteiger partial charge in [-0.25, -0.2) is 0 Å². The topological polar surface area (TPSA) is 213 Å². The van der Waals surface area contributed by atoms with Gasteiger partial charge in [0.25, 0.3) is 32.1 Å². The molecule has 2 unspecified atom stereocenters. The molecule has 0 saturated heterocycles. The standard InChI is InChI=1S/C56H62N4O13S4/c1-33-20-42-39(28-51(77(67,68)71-7)46-25-38-13-9-11-15-45(38)60(46)55(42)64)27-47(33)72-31-34-21-35(23-40(22-34)58-52(61)30-56(2,3)75-74-19-18-50(53(62)57-4)76(65,66)70-6)32-73-49-26-36-16-17-41-24-37-12-8-10-14-44(37)59(41)54(63)43(36)29-48(49)69-5/h8-15,20-23,26-27,29,41,46,50-51H,16-19,24-25,28,30-32H2,1-7H3,(H,57,62)(H,58,61)/t41-,46+,50?,51?/m1/s1. The van der Waals surface area contributed by atoms with Crippen molar-refractivity contribution in [3.8, 4) is 17.2 Å². The lowest BCUT2D eigenvalue weighted by molar-refractivity contribution is -0.120. The summed E-state index contributed by atoms with van der Waals surface area (Å²) >= 11 is 0. The van der Waals surface area contributed by atoms with Gasteiger partial charge >= 0.3 is 0 Å². The first-order valence-electron chi connectivity index (χ1n) is 25.2. The molecule has 0 radical (unpaired) electrons. The van der Waals surface area contributed by atoms with Crippen molar-refractivity contribution in [1.82, 2.24) is 5.32 Å². The molecule has 4 atom stereocenters. The van der Waals surface area contributed by atoms with Gasteiger partial charge in [0, 0.05) is 58.2 Å². The second kappa shape index (κ2) is 22.7. The molecule has 4 heterocycles. The van der Waals surface area contributed by atoms with Gasteiger partial charge in [0.05, 0.1) is 27.4 Å². The van der Waals surface area contributed by atoms with Crippen LogP contribution in [0, 0.1) is 6.92 Å². The third kappa shape index (κ3) is 11.7. The number of hydrogen-bond acceptors (Lipinski definition) is 15. The lowest BCUT2D eigenvalue weighted by Crippen LogP contribution is -2.47. The first kappa shape index (κ1) is 55.6. The van der Waals surface area contributed by atoms with E-state index in [1.165, 1.54) is 35.7 Å². The number of aryl methyl sites for hydroxylation is 2. The van der Waals surface area contributed by atoms with Crippen LogP contribution in [0.4, 0.5) is 17.1 Å². The largest absolute Gasteiger partial charge is 0.493 e. The number of nitrogens with one attached hydrogen (secondary N) is 2. The Hall–Kier alpha value is -6.10. The Labute approximate surface area is 457 Å². The molecule has 4 aliphatic heterocycles. The number of ether oxygens (including phenoxy) is 3. The third-order valence-electron chi connectivity index (χ3n) is 14.6. The molecular formula is C56H62N4O13S4. The average Bonchev–Trinajstić information content (AvgIpc) is 4.08. The van der Waals surface area contributed by atoms with Crippen LogP contribution in [0.5, 0.6) is 17.2 Å². The Bertz CT molecular complexity index is 3370. The molecule has 4 amide bonds. The van der Waals surface area contributed by atoms with Crippen LogP contribution in [-0.4, -0.2) is 102 Å². The van der Waals surface area contributed by atoms with Crippen molar-refractivity contribution in [3.63, 3.8) is 0 Å². The van der Waals surface area contributed by atoms with Gasteiger partial charge in [0.1, 0.15) is 24.2 Å². The van der Waals surface area contributed by atoms with Crippen LogP contribution in [0.3, 0.4) is 0 Å². The number of nitrogens with zero attached hydrogens (tertiary/aromatic N) is 2. The SMILES string of the molecule is CNC(=O)C(CCSSC(C)(C)CC(=O)Nc1cc(COc2cc3c(cc2C)C(=O)N2c4ccccc4C[C@H]2C(S(=O)(=O)OC)C3)cc(COc2cc3c(cc2OC)C(=O)N2c4ccccc4C[C@H]2CC3)c1)S(=O)(=O)OC. The molecule has 21 heteroatoms. The molecule has 0 spiro atoms. The normalized spacial score (nSPS) is 18.1. The van der Waals surface area contributed by atoms with E-state index < -0.39 is 47.4 Å². The van der Waals surface area contributed by atoms with E-state index in [1.54, 1.807) is 35.2 Å². The summed E-state index contributed by atoms with van der Waals surface area (Å²) in [5.74, 6) is 0.211. The van der Waals surface area contributed by atoms with E-state index in [4.69, 9.17) is 18.4 Å². The Morgan fingerprint density at radius 1 is 0.740 bits per heavy atom. The van der Waals surface area contributed by atoms with Crippen molar-refractivity contribution in [1.29, 1.82) is 0 Å². The molecule has 0 aliphatic carbocycles. The third-order valence-corrected chi connectivity index (χ3v) is 21.2. The molecule has 0 bridgehead atoms. The van der Waals surface area contributed by atoms with Crippen molar-refractivity contribution in [3.05, 3.63) is 141 Å². The number of carbonyl (C=O) groups excluding carboxylic acids is 4. The number of hydrogen-bond donors (Lipinski definition) is 2. The molecule has 5 aromatic rings. The van der Waals surface area contributed by atoms with Gasteiger partial charge in [0.2, 0.25) is 11.8 Å². The average molecular weight is 1130 g/mol. The molecule has 77 heavy (non-hydrogen) atoms. The maximum atomic E-state index is 14.4. The molecule has 0 aromatic heterocycles. The molecule has 0 saturated carbocycles. The number of para-hydroxylation sites is 2. The minimum Gasteiger partial charge on any atom is -0.493 e. The second-order valence-electron chi connectivity index (χ2n) is 20.2. The second-order valence-corrected chi connectivity index (χ2v) is 27.1.